The molecule has 1 aromatic rings. The van der Waals surface area contributed by atoms with Gasteiger partial charge in [0.2, 0.25) is 5.91 Å². The lowest BCUT2D eigenvalue weighted by atomic mass is 10.2. The first kappa shape index (κ1) is 16.6. The summed E-state index contributed by atoms with van der Waals surface area (Å²) in [5.41, 5.74) is 0. The van der Waals surface area contributed by atoms with E-state index in [-0.39, 0.29) is 12.5 Å². The number of aliphatic carboxylic acids is 2. The Morgan fingerprint density at radius 2 is 2.00 bits per heavy atom. The van der Waals surface area contributed by atoms with Crippen molar-refractivity contribution in [1.82, 2.24) is 10.2 Å². The molecule has 0 bridgehead atoms. The molecule has 0 unspecified atom stereocenters. The van der Waals surface area contributed by atoms with Gasteiger partial charge in [0.15, 0.2) is 0 Å². The van der Waals surface area contributed by atoms with Gasteiger partial charge in [-0.05, 0) is 11.4 Å². The maximum Gasteiger partial charge on any atom is 0.326 e. The van der Waals surface area contributed by atoms with E-state index in [0.29, 0.717) is 4.88 Å². The number of rotatable bonds is 7. The molecule has 3 N–H and O–H groups in total. The summed E-state index contributed by atoms with van der Waals surface area (Å²) in [6.07, 6.45) is -0.732. The smallest absolute Gasteiger partial charge is 0.326 e. The Bertz CT molecular complexity index is 542. The molecule has 0 aliphatic rings. The number of carbonyl (C=O) groups is 4. The van der Waals surface area contributed by atoms with Gasteiger partial charge >= 0.3 is 11.9 Å². The average Bonchev–Trinajstić information content (AvgIpc) is 2.89. The van der Waals surface area contributed by atoms with Crippen molar-refractivity contribution in [2.24, 2.45) is 0 Å². The third-order valence-electron chi connectivity index (χ3n) is 2.47. The van der Waals surface area contributed by atoms with Crippen molar-refractivity contribution in [3.05, 3.63) is 22.4 Å². The van der Waals surface area contributed by atoms with Gasteiger partial charge in [0.1, 0.15) is 6.04 Å². The monoisotopic (exact) mass is 314 g/mol. The van der Waals surface area contributed by atoms with Crippen LogP contribution in [0, 0.1) is 0 Å². The first-order valence-electron chi connectivity index (χ1n) is 5.84. The van der Waals surface area contributed by atoms with Gasteiger partial charge in [0.25, 0.3) is 5.91 Å². The van der Waals surface area contributed by atoms with Gasteiger partial charge in [-0.3, -0.25) is 14.4 Å². The number of carbonyl (C=O) groups excluding carboxylic acids is 2. The second-order valence-electron chi connectivity index (χ2n) is 4.19. The van der Waals surface area contributed by atoms with Gasteiger partial charge in [-0.1, -0.05) is 6.07 Å². The third kappa shape index (κ3) is 5.22. The molecule has 114 valence electrons. The summed E-state index contributed by atoms with van der Waals surface area (Å²) in [4.78, 5) is 46.4. The minimum atomic E-state index is -1.53. The molecule has 0 aromatic carbocycles. The standard InChI is InChI=1S/C12H14N2O6S/c1-14(11(18)8-3-2-4-21-8)6-9(15)13-7(12(19)20)5-10(16)17/h2-4,7H,5-6H2,1H3,(H,13,15)(H,16,17)(H,19,20)/t7-/m0/s1. The lowest BCUT2D eigenvalue weighted by Crippen LogP contribution is -2.46. The fraction of sp³-hybridized carbons (Fsp3) is 0.333. The lowest BCUT2D eigenvalue weighted by Gasteiger charge is -2.18. The zero-order chi connectivity index (χ0) is 16.0. The van der Waals surface area contributed by atoms with E-state index in [1.54, 1.807) is 17.5 Å². The van der Waals surface area contributed by atoms with Crippen molar-refractivity contribution >= 4 is 35.1 Å². The van der Waals surface area contributed by atoms with Crippen LogP contribution in [-0.2, 0) is 14.4 Å². The quantitative estimate of drug-likeness (QED) is 0.643. The number of likely N-dealkylation sites (N-methyl/N-ethyl adjacent to an activating group) is 1. The molecule has 0 fully saturated rings. The maximum atomic E-state index is 11.9. The molecule has 1 rings (SSSR count). The Morgan fingerprint density at radius 3 is 2.48 bits per heavy atom. The van der Waals surface area contributed by atoms with Crippen LogP contribution in [0.1, 0.15) is 16.1 Å². The fourth-order valence-electron chi connectivity index (χ4n) is 1.49. The predicted molar refractivity (Wildman–Crippen MR) is 73.1 cm³/mol. The van der Waals surface area contributed by atoms with Gasteiger partial charge in [-0.25, -0.2) is 4.79 Å². The highest BCUT2D eigenvalue weighted by Gasteiger charge is 2.24. The minimum absolute atomic E-state index is 0.361. The summed E-state index contributed by atoms with van der Waals surface area (Å²) in [5, 5.41) is 21.2. The van der Waals surface area contributed by atoms with Gasteiger partial charge in [0, 0.05) is 7.05 Å². The predicted octanol–water partition coefficient (Wildman–Crippen LogP) is -0.136. The highest BCUT2D eigenvalue weighted by atomic mass is 32.1. The number of nitrogens with one attached hydrogen (secondary N) is 1. The van der Waals surface area contributed by atoms with Crippen LogP contribution in [0.25, 0.3) is 0 Å². The summed E-state index contributed by atoms with van der Waals surface area (Å²) >= 11 is 1.22. The average molecular weight is 314 g/mol. The van der Waals surface area contributed by atoms with Crippen molar-refractivity contribution < 1.29 is 29.4 Å². The number of carboxylic acid groups (broad SMARTS) is 2. The van der Waals surface area contributed by atoms with Crippen molar-refractivity contribution in [2.75, 3.05) is 13.6 Å². The third-order valence-corrected chi connectivity index (χ3v) is 3.33. The van der Waals surface area contributed by atoms with Crippen LogP contribution in [0.2, 0.25) is 0 Å². The van der Waals surface area contributed by atoms with E-state index in [9.17, 15) is 19.2 Å². The van der Waals surface area contributed by atoms with Gasteiger partial charge < -0.3 is 20.4 Å². The zero-order valence-corrected chi connectivity index (χ0v) is 11.9. The maximum absolute atomic E-state index is 11.9. The van der Waals surface area contributed by atoms with Crippen LogP contribution in [-0.4, -0.2) is 58.5 Å². The molecule has 2 amide bonds. The first-order chi connectivity index (χ1) is 9.81. The molecule has 9 heteroatoms. The van der Waals surface area contributed by atoms with E-state index in [4.69, 9.17) is 10.2 Å². The van der Waals surface area contributed by atoms with E-state index in [0.717, 1.165) is 4.90 Å². The van der Waals surface area contributed by atoms with Crippen molar-refractivity contribution in [2.45, 2.75) is 12.5 Å². The van der Waals surface area contributed by atoms with E-state index in [1.165, 1.54) is 18.4 Å². The second kappa shape index (κ2) is 7.39. The van der Waals surface area contributed by atoms with Crippen molar-refractivity contribution in [1.29, 1.82) is 0 Å². The number of thiophene rings is 1. The Morgan fingerprint density at radius 1 is 1.33 bits per heavy atom. The molecule has 0 radical (unpaired) electrons. The van der Waals surface area contributed by atoms with Crippen molar-refractivity contribution in [3.63, 3.8) is 0 Å². The lowest BCUT2D eigenvalue weighted by molar-refractivity contribution is -0.147. The van der Waals surface area contributed by atoms with Gasteiger partial charge in [-0.15, -0.1) is 11.3 Å². The van der Waals surface area contributed by atoms with Crippen LogP contribution >= 0.6 is 11.3 Å². The summed E-state index contributed by atoms with van der Waals surface area (Å²) in [6, 6.07) is 1.77. The molecular weight excluding hydrogens is 300 g/mol. The van der Waals surface area contributed by atoms with Crippen LogP contribution in [0.5, 0.6) is 0 Å². The first-order valence-corrected chi connectivity index (χ1v) is 6.72. The molecule has 1 atom stereocenters. The van der Waals surface area contributed by atoms with Crippen LogP contribution in [0.15, 0.2) is 17.5 Å². The zero-order valence-electron chi connectivity index (χ0n) is 11.1. The summed E-state index contributed by atoms with van der Waals surface area (Å²) in [6.45, 7) is -0.361. The Kier molecular flexibility index (Phi) is 5.85. The van der Waals surface area contributed by atoms with E-state index in [2.05, 4.69) is 5.32 Å². The molecule has 0 saturated heterocycles. The molecule has 0 spiro atoms. The Balaban J connectivity index is 2.57. The Hall–Kier alpha value is -2.42. The summed E-state index contributed by atoms with van der Waals surface area (Å²) in [5.74, 6) is -3.90. The van der Waals surface area contributed by atoms with Crippen LogP contribution in [0.3, 0.4) is 0 Å². The largest absolute Gasteiger partial charge is 0.481 e. The van der Waals surface area contributed by atoms with Crippen LogP contribution < -0.4 is 5.32 Å². The number of hydrogen-bond acceptors (Lipinski definition) is 5. The van der Waals surface area contributed by atoms with Gasteiger partial charge in [-0.2, -0.15) is 0 Å². The fourth-order valence-corrected chi connectivity index (χ4v) is 2.21. The number of nitrogens with zero attached hydrogens (tertiary/aromatic N) is 1. The Labute approximate surface area is 124 Å². The highest BCUT2D eigenvalue weighted by Crippen LogP contribution is 2.10. The molecule has 0 saturated carbocycles. The SMILES string of the molecule is CN(CC(=O)N[C@@H](CC(=O)O)C(=O)O)C(=O)c1cccs1. The second-order valence-corrected chi connectivity index (χ2v) is 5.14. The molecule has 1 aromatic heterocycles. The van der Waals surface area contributed by atoms with E-state index < -0.39 is 30.3 Å². The van der Waals surface area contributed by atoms with Crippen LogP contribution in [0.4, 0.5) is 0 Å². The minimum Gasteiger partial charge on any atom is -0.481 e. The molecule has 8 nitrogen and oxygen atoms in total. The normalized spacial score (nSPS) is 11.5. The summed E-state index contributed by atoms with van der Waals surface area (Å²) in [7, 11) is 1.40. The number of hydrogen-bond donors (Lipinski definition) is 3. The van der Waals surface area contributed by atoms with Gasteiger partial charge in [0.05, 0.1) is 17.8 Å². The molecule has 0 aliphatic carbocycles. The van der Waals surface area contributed by atoms with E-state index >= 15 is 0 Å². The van der Waals surface area contributed by atoms with E-state index in [1.807, 2.05) is 0 Å². The molecule has 0 aliphatic heterocycles. The highest BCUT2D eigenvalue weighted by molar-refractivity contribution is 7.12. The number of carboxylic acids is 2. The number of amides is 2. The molecule has 1 heterocycles. The summed E-state index contributed by atoms with van der Waals surface area (Å²) < 4.78 is 0. The molecule has 21 heavy (non-hydrogen) atoms. The topological polar surface area (TPSA) is 124 Å². The van der Waals surface area contributed by atoms with Crippen molar-refractivity contribution in [3.8, 4) is 0 Å². The molecular formula is C12H14N2O6S.